The van der Waals surface area contributed by atoms with E-state index in [4.69, 9.17) is 4.84 Å². The first-order valence-corrected chi connectivity index (χ1v) is 6.05. The van der Waals surface area contributed by atoms with Crippen molar-refractivity contribution in [1.29, 1.82) is 0 Å². The van der Waals surface area contributed by atoms with Crippen LogP contribution in [0.3, 0.4) is 0 Å². The third-order valence-electron chi connectivity index (χ3n) is 2.41. The molecule has 1 aromatic carbocycles. The molecule has 2 aromatic rings. The topological polar surface area (TPSA) is 41.8 Å². The summed E-state index contributed by atoms with van der Waals surface area (Å²) in [4.78, 5) is 5.92. The van der Waals surface area contributed by atoms with Crippen LogP contribution in [-0.4, -0.2) is 17.9 Å². The van der Waals surface area contributed by atoms with Crippen molar-refractivity contribution in [3.05, 3.63) is 51.7 Å². The zero-order chi connectivity index (χ0) is 12.3. The number of phenols is 1. The van der Waals surface area contributed by atoms with Gasteiger partial charge in [-0.1, -0.05) is 11.2 Å². The molecule has 0 fully saturated rings. The van der Waals surface area contributed by atoms with Crippen LogP contribution in [0.25, 0.3) is 0 Å². The fraction of sp³-hybridized carbons (Fsp3) is 0.154. The van der Waals surface area contributed by atoms with Crippen LogP contribution in [0.4, 0.5) is 0 Å². The lowest BCUT2D eigenvalue weighted by atomic mass is 10.1. The van der Waals surface area contributed by atoms with Gasteiger partial charge in [-0.25, -0.2) is 0 Å². The fourth-order valence-electron chi connectivity index (χ4n) is 1.55. The zero-order valence-electron chi connectivity index (χ0n) is 9.68. The highest BCUT2D eigenvalue weighted by Crippen LogP contribution is 2.21. The lowest BCUT2D eigenvalue weighted by Gasteiger charge is -2.06. The number of oxime groups is 1. The number of thiophene rings is 1. The Morgan fingerprint density at radius 1 is 1.35 bits per heavy atom. The van der Waals surface area contributed by atoms with E-state index in [9.17, 15) is 5.11 Å². The number of aryl methyl sites for hydroxylation is 1. The van der Waals surface area contributed by atoms with Crippen molar-refractivity contribution < 1.29 is 9.94 Å². The van der Waals surface area contributed by atoms with Crippen LogP contribution in [0.5, 0.6) is 5.75 Å². The molecule has 0 saturated heterocycles. The van der Waals surface area contributed by atoms with Crippen LogP contribution in [-0.2, 0) is 4.84 Å². The van der Waals surface area contributed by atoms with Gasteiger partial charge in [0, 0.05) is 5.56 Å². The third kappa shape index (κ3) is 2.47. The SMILES string of the molecule is CON=C(c1ccc(O)c(C)c1)c1cccs1. The number of rotatable bonds is 3. The summed E-state index contributed by atoms with van der Waals surface area (Å²) in [6.07, 6.45) is 0. The maximum absolute atomic E-state index is 9.52. The highest BCUT2D eigenvalue weighted by atomic mass is 32.1. The Labute approximate surface area is 104 Å². The quantitative estimate of drug-likeness (QED) is 0.668. The molecule has 0 aliphatic rings. The number of hydrogen-bond acceptors (Lipinski definition) is 4. The molecule has 1 aromatic heterocycles. The van der Waals surface area contributed by atoms with Crippen molar-refractivity contribution in [2.45, 2.75) is 6.92 Å². The summed E-state index contributed by atoms with van der Waals surface area (Å²) in [6.45, 7) is 1.86. The van der Waals surface area contributed by atoms with Gasteiger partial charge in [0.15, 0.2) is 0 Å². The smallest absolute Gasteiger partial charge is 0.127 e. The Kier molecular flexibility index (Phi) is 3.44. The van der Waals surface area contributed by atoms with Gasteiger partial charge in [0.25, 0.3) is 0 Å². The molecular weight excluding hydrogens is 234 g/mol. The van der Waals surface area contributed by atoms with Gasteiger partial charge in [-0.05, 0) is 42.1 Å². The van der Waals surface area contributed by atoms with Gasteiger partial charge < -0.3 is 9.94 Å². The maximum Gasteiger partial charge on any atom is 0.127 e. The summed E-state index contributed by atoms with van der Waals surface area (Å²) < 4.78 is 0. The minimum Gasteiger partial charge on any atom is -0.508 e. The van der Waals surface area contributed by atoms with E-state index in [-0.39, 0.29) is 5.75 Å². The van der Waals surface area contributed by atoms with E-state index >= 15 is 0 Å². The second-order valence-electron chi connectivity index (χ2n) is 3.60. The number of hydrogen-bond donors (Lipinski definition) is 1. The molecule has 0 bridgehead atoms. The lowest BCUT2D eigenvalue weighted by Crippen LogP contribution is -2.02. The Morgan fingerprint density at radius 2 is 2.18 bits per heavy atom. The molecule has 2 rings (SSSR count). The molecular formula is C13H13NO2S. The highest BCUT2D eigenvalue weighted by Gasteiger charge is 2.10. The Hall–Kier alpha value is -1.81. The van der Waals surface area contributed by atoms with Crippen LogP contribution in [0.1, 0.15) is 16.0 Å². The molecule has 0 amide bonds. The summed E-state index contributed by atoms with van der Waals surface area (Å²) in [6, 6.07) is 9.36. The predicted octanol–water partition coefficient (Wildman–Crippen LogP) is 3.16. The summed E-state index contributed by atoms with van der Waals surface area (Å²) in [7, 11) is 1.53. The number of aromatic hydroxyl groups is 1. The molecule has 88 valence electrons. The Balaban J connectivity index is 2.47. The van der Waals surface area contributed by atoms with Crippen LogP contribution in [0.2, 0.25) is 0 Å². The molecule has 1 heterocycles. The summed E-state index contributed by atoms with van der Waals surface area (Å²) >= 11 is 1.60. The third-order valence-corrected chi connectivity index (χ3v) is 3.28. The molecule has 1 N–H and O–H groups in total. The second-order valence-corrected chi connectivity index (χ2v) is 4.55. The second kappa shape index (κ2) is 5.01. The van der Waals surface area contributed by atoms with E-state index in [1.165, 1.54) is 7.11 Å². The van der Waals surface area contributed by atoms with Crippen molar-refractivity contribution in [1.82, 2.24) is 0 Å². The molecule has 17 heavy (non-hydrogen) atoms. The molecule has 0 atom stereocenters. The van der Waals surface area contributed by atoms with E-state index in [0.717, 1.165) is 21.7 Å². The van der Waals surface area contributed by atoms with E-state index in [2.05, 4.69) is 5.16 Å². The van der Waals surface area contributed by atoms with E-state index in [0.29, 0.717) is 0 Å². The Bertz CT molecular complexity index is 532. The fourth-order valence-corrected chi connectivity index (χ4v) is 2.27. The van der Waals surface area contributed by atoms with Crippen molar-refractivity contribution in [2.75, 3.05) is 7.11 Å². The monoisotopic (exact) mass is 247 g/mol. The van der Waals surface area contributed by atoms with Gasteiger partial charge in [0.1, 0.15) is 18.6 Å². The predicted molar refractivity (Wildman–Crippen MR) is 69.8 cm³/mol. The summed E-state index contributed by atoms with van der Waals surface area (Å²) in [5.74, 6) is 0.289. The van der Waals surface area contributed by atoms with E-state index in [1.807, 2.05) is 36.6 Å². The average Bonchev–Trinajstić information content (AvgIpc) is 2.83. The molecule has 0 aliphatic carbocycles. The molecule has 0 spiro atoms. The van der Waals surface area contributed by atoms with Crippen LogP contribution in [0.15, 0.2) is 40.9 Å². The highest BCUT2D eigenvalue weighted by molar-refractivity contribution is 7.12. The molecule has 0 unspecified atom stereocenters. The van der Waals surface area contributed by atoms with E-state index in [1.54, 1.807) is 17.4 Å². The van der Waals surface area contributed by atoms with Crippen molar-refractivity contribution >= 4 is 17.0 Å². The van der Waals surface area contributed by atoms with Gasteiger partial charge >= 0.3 is 0 Å². The lowest BCUT2D eigenvalue weighted by molar-refractivity contribution is 0.214. The molecule has 4 heteroatoms. The number of phenolic OH excluding ortho intramolecular Hbond substituents is 1. The zero-order valence-corrected chi connectivity index (χ0v) is 10.5. The summed E-state index contributed by atoms with van der Waals surface area (Å²) in [5, 5.41) is 15.6. The van der Waals surface area contributed by atoms with Gasteiger partial charge in [-0.3, -0.25) is 0 Å². The first-order valence-electron chi connectivity index (χ1n) is 5.17. The van der Waals surface area contributed by atoms with Gasteiger partial charge in [0.2, 0.25) is 0 Å². The minimum atomic E-state index is 0.289. The van der Waals surface area contributed by atoms with Crippen LogP contribution < -0.4 is 0 Å². The van der Waals surface area contributed by atoms with Crippen LogP contribution in [0, 0.1) is 6.92 Å². The van der Waals surface area contributed by atoms with Gasteiger partial charge in [-0.15, -0.1) is 11.3 Å². The van der Waals surface area contributed by atoms with Crippen molar-refractivity contribution in [2.24, 2.45) is 5.16 Å². The van der Waals surface area contributed by atoms with Crippen molar-refractivity contribution in [3.8, 4) is 5.75 Å². The number of nitrogens with zero attached hydrogens (tertiary/aromatic N) is 1. The summed E-state index contributed by atoms with van der Waals surface area (Å²) in [5.41, 5.74) is 2.54. The molecule has 0 aliphatic heterocycles. The standard InChI is InChI=1S/C13H13NO2S/c1-9-8-10(5-6-11(9)15)13(14-16-2)12-4-3-7-17-12/h3-8,15H,1-2H3. The average molecular weight is 247 g/mol. The maximum atomic E-state index is 9.52. The van der Waals surface area contributed by atoms with E-state index < -0.39 is 0 Å². The molecule has 3 nitrogen and oxygen atoms in total. The molecule has 0 radical (unpaired) electrons. The molecule has 0 saturated carbocycles. The first kappa shape index (κ1) is 11.7. The van der Waals surface area contributed by atoms with Crippen molar-refractivity contribution in [3.63, 3.8) is 0 Å². The minimum absolute atomic E-state index is 0.289. The normalized spacial score (nSPS) is 11.5. The van der Waals surface area contributed by atoms with Gasteiger partial charge in [0.05, 0.1) is 4.88 Å². The Morgan fingerprint density at radius 3 is 2.76 bits per heavy atom. The number of benzene rings is 1. The van der Waals surface area contributed by atoms with Crippen LogP contribution >= 0.6 is 11.3 Å². The first-order chi connectivity index (χ1) is 8.22. The van der Waals surface area contributed by atoms with Gasteiger partial charge in [-0.2, -0.15) is 0 Å². The largest absolute Gasteiger partial charge is 0.508 e.